The van der Waals surface area contributed by atoms with Gasteiger partial charge in [-0.2, -0.15) is 0 Å². The maximum absolute atomic E-state index is 4.68. The van der Waals surface area contributed by atoms with Crippen molar-refractivity contribution in [1.29, 1.82) is 0 Å². The van der Waals surface area contributed by atoms with Gasteiger partial charge in [0.1, 0.15) is 0 Å². The largest absolute Gasteiger partial charge is 0.340 e. The summed E-state index contributed by atoms with van der Waals surface area (Å²) in [5, 5.41) is 3.35. The van der Waals surface area contributed by atoms with E-state index in [-0.39, 0.29) is 0 Å². The van der Waals surface area contributed by atoms with Crippen LogP contribution in [-0.4, -0.2) is 36.1 Å². The van der Waals surface area contributed by atoms with Gasteiger partial charge in [-0.25, -0.2) is 4.98 Å². The smallest absolute Gasteiger partial charge is 0.203 e. The summed E-state index contributed by atoms with van der Waals surface area (Å²) in [5.41, 5.74) is 4.83. The number of H-pyrrole nitrogens is 1. The summed E-state index contributed by atoms with van der Waals surface area (Å²) in [4.78, 5) is 10.4. The Balaban J connectivity index is 2.00. The molecular weight excluding hydrogens is 212 g/mol. The Labute approximate surface area is 101 Å². The summed E-state index contributed by atoms with van der Waals surface area (Å²) in [6.07, 6.45) is 0. The van der Waals surface area contributed by atoms with Crippen LogP contribution in [-0.2, 0) is 0 Å². The van der Waals surface area contributed by atoms with Crippen molar-refractivity contribution in [3.8, 4) is 0 Å². The third kappa shape index (κ3) is 1.89. The molecule has 1 aliphatic heterocycles. The second-order valence-corrected chi connectivity index (χ2v) is 4.75. The van der Waals surface area contributed by atoms with E-state index >= 15 is 0 Å². The molecule has 0 amide bonds. The van der Waals surface area contributed by atoms with Gasteiger partial charge in [-0.15, -0.1) is 0 Å². The molecule has 1 fully saturated rings. The number of benzene rings is 1. The number of nitrogens with one attached hydrogen (secondary N) is 2. The van der Waals surface area contributed by atoms with Gasteiger partial charge in [0.15, 0.2) is 0 Å². The highest BCUT2D eigenvalue weighted by atomic mass is 15.3. The first-order valence-corrected chi connectivity index (χ1v) is 6.17. The van der Waals surface area contributed by atoms with Crippen LogP contribution < -0.4 is 10.2 Å². The van der Waals surface area contributed by atoms with Crippen molar-refractivity contribution in [1.82, 2.24) is 15.3 Å². The zero-order valence-corrected chi connectivity index (χ0v) is 10.4. The van der Waals surface area contributed by atoms with Crippen LogP contribution in [0.5, 0.6) is 0 Å². The van der Waals surface area contributed by atoms with Crippen molar-refractivity contribution >= 4 is 17.0 Å². The second kappa shape index (κ2) is 4.04. The predicted molar refractivity (Wildman–Crippen MR) is 70.7 cm³/mol. The number of imidazole rings is 1. The van der Waals surface area contributed by atoms with E-state index in [9.17, 15) is 0 Å². The summed E-state index contributed by atoms with van der Waals surface area (Å²) < 4.78 is 0. The van der Waals surface area contributed by atoms with Gasteiger partial charge < -0.3 is 15.2 Å². The minimum absolute atomic E-state index is 1.01. The van der Waals surface area contributed by atoms with Crippen molar-refractivity contribution < 1.29 is 0 Å². The molecule has 0 aliphatic carbocycles. The maximum Gasteiger partial charge on any atom is 0.203 e. The molecule has 1 saturated heterocycles. The highest BCUT2D eigenvalue weighted by Crippen LogP contribution is 2.21. The number of hydrogen-bond donors (Lipinski definition) is 2. The fourth-order valence-electron chi connectivity index (χ4n) is 2.28. The van der Waals surface area contributed by atoms with Gasteiger partial charge in [-0.1, -0.05) is 0 Å². The Bertz CT molecular complexity index is 499. The molecule has 0 unspecified atom stereocenters. The Morgan fingerprint density at radius 2 is 1.82 bits per heavy atom. The van der Waals surface area contributed by atoms with Gasteiger partial charge in [0.25, 0.3) is 0 Å². The van der Waals surface area contributed by atoms with Gasteiger partial charge >= 0.3 is 0 Å². The first kappa shape index (κ1) is 10.6. The molecule has 4 heteroatoms. The average Bonchev–Trinajstić information content (AvgIpc) is 2.74. The number of aromatic amines is 1. The zero-order valence-electron chi connectivity index (χ0n) is 10.4. The molecule has 2 aromatic rings. The molecule has 1 aliphatic rings. The van der Waals surface area contributed by atoms with Crippen LogP contribution >= 0.6 is 0 Å². The molecule has 0 atom stereocenters. The van der Waals surface area contributed by atoms with Crippen LogP contribution in [0, 0.1) is 13.8 Å². The molecule has 17 heavy (non-hydrogen) atoms. The quantitative estimate of drug-likeness (QED) is 0.782. The Morgan fingerprint density at radius 3 is 2.59 bits per heavy atom. The van der Waals surface area contributed by atoms with E-state index in [0.717, 1.165) is 43.2 Å². The molecule has 0 radical (unpaired) electrons. The number of rotatable bonds is 1. The van der Waals surface area contributed by atoms with E-state index in [1.54, 1.807) is 0 Å². The minimum Gasteiger partial charge on any atom is -0.340 e. The molecule has 3 rings (SSSR count). The Kier molecular flexibility index (Phi) is 2.52. The molecule has 90 valence electrons. The number of piperazine rings is 1. The fraction of sp³-hybridized carbons (Fsp3) is 0.462. The van der Waals surface area contributed by atoms with Crippen LogP contribution in [0.4, 0.5) is 5.95 Å². The van der Waals surface area contributed by atoms with Gasteiger partial charge in [-0.05, 0) is 37.1 Å². The molecule has 2 heterocycles. The van der Waals surface area contributed by atoms with Gasteiger partial charge in [-0.3, -0.25) is 0 Å². The zero-order chi connectivity index (χ0) is 11.8. The molecule has 0 saturated carbocycles. The lowest BCUT2D eigenvalue weighted by molar-refractivity contribution is 0.582. The van der Waals surface area contributed by atoms with Crippen LogP contribution in [0.25, 0.3) is 11.0 Å². The number of aryl methyl sites for hydroxylation is 2. The normalized spacial score (nSPS) is 16.7. The summed E-state index contributed by atoms with van der Waals surface area (Å²) in [6, 6.07) is 4.34. The monoisotopic (exact) mass is 230 g/mol. The van der Waals surface area contributed by atoms with Crippen molar-refractivity contribution in [2.45, 2.75) is 13.8 Å². The lowest BCUT2D eigenvalue weighted by atomic mass is 10.1. The van der Waals surface area contributed by atoms with Crippen molar-refractivity contribution in [3.63, 3.8) is 0 Å². The molecule has 1 aromatic heterocycles. The maximum atomic E-state index is 4.68. The molecule has 2 N–H and O–H groups in total. The van der Waals surface area contributed by atoms with Crippen molar-refractivity contribution in [2.24, 2.45) is 0 Å². The number of nitrogens with zero attached hydrogens (tertiary/aromatic N) is 2. The van der Waals surface area contributed by atoms with Crippen molar-refractivity contribution in [2.75, 3.05) is 31.1 Å². The third-order valence-electron chi connectivity index (χ3n) is 3.50. The van der Waals surface area contributed by atoms with Gasteiger partial charge in [0, 0.05) is 26.2 Å². The van der Waals surface area contributed by atoms with E-state index in [0.29, 0.717) is 0 Å². The predicted octanol–water partition coefficient (Wildman–Crippen LogP) is 1.59. The van der Waals surface area contributed by atoms with E-state index in [1.165, 1.54) is 11.1 Å². The molecule has 4 nitrogen and oxygen atoms in total. The Hall–Kier alpha value is -1.55. The summed E-state index contributed by atoms with van der Waals surface area (Å²) in [5.74, 6) is 1.01. The standard InChI is InChI=1S/C13H18N4/c1-9-7-11-12(8-10(9)2)16-13(15-11)17-5-3-14-4-6-17/h7-8,14H,3-6H2,1-2H3,(H,15,16). The van der Waals surface area contributed by atoms with Gasteiger partial charge in [0.05, 0.1) is 11.0 Å². The van der Waals surface area contributed by atoms with Crippen LogP contribution in [0.15, 0.2) is 12.1 Å². The van der Waals surface area contributed by atoms with E-state index in [1.807, 2.05) is 0 Å². The third-order valence-corrected chi connectivity index (χ3v) is 3.50. The van der Waals surface area contributed by atoms with Crippen LogP contribution in [0.2, 0.25) is 0 Å². The lowest BCUT2D eigenvalue weighted by Gasteiger charge is -2.26. The second-order valence-electron chi connectivity index (χ2n) is 4.75. The number of aromatic nitrogens is 2. The Morgan fingerprint density at radius 1 is 1.12 bits per heavy atom. The van der Waals surface area contributed by atoms with E-state index in [2.05, 4.69) is 46.2 Å². The topological polar surface area (TPSA) is 44.0 Å². The average molecular weight is 230 g/mol. The highest BCUT2D eigenvalue weighted by molar-refractivity contribution is 5.79. The highest BCUT2D eigenvalue weighted by Gasteiger charge is 2.14. The van der Waals surface area contributed by atoms with E-state index < -0.39 is 0 Å². The number of anilines is 1. The number of hydrogen-bond acceptors (Lipinski definition) is 3. The molecule has 1 aromatic carbocycles. The van der Waals surface area contributed by atoms with Crippen LogP contribution in [0.1, 0.15) is 11.1 Å². The minimum atomic E-state index is 1.01. The lowest BCUT2D eigenvalue weighted by Crippen LogP contribution is -2.44. The molecular formula is C13H18N4. The molecule has 0 bridgehead atoms. The fourth-order valence-corrected chi connectivity index (χ4v) is 2.28. The molecule has 0 spiro atoms. The summed E-state index contributed by atoms with van der Waals surface area (Å²) in [6.45, 7) is 8.40. The summed E-state index contributed by atoms with van der Waals surface area (Å²) >= 11 is 0. The number of fused-ring (bicyclic) bond motifs is 1. The van der Waals surface area contributed by atoms with Crippen molar-refractivity contribution in [3.05, 3.63) is 23.3 Å². The summed E-state index contributed by atoms with van der Waals surface area (Å²) in [7, 11) is 0. The first-order valence-electron chi connectivity index (χ1n) is 6.17. The first-order chi connectivity index (χ1) is 8.24. The van der Waals surface area contributed by atoms with Crippen LogP contribution in [0.3, 0.4) is 0 Å². The SMILES string of the molecule is Cc1cc2nc(N3CCNCC3)[nH]c2cc1C. The van der Waals surface area contributed by atoms with Gasteiger partial charge in [0.2, 0.25) is 5.95 Å². The van der Waals surface area contributed by atoms with E-state index in [4.69, 9.17) is 0 Å².